The van der Waals surface area contributed by atoms with E-state index in [4.69, 9.17) is 0 Å². The van der Waals surface area contributed by atoms with E-state index in [0.717, 1.165) is 16.2 Å². The van der Waals surface area contributed by atoms with Crippen molar-refractivity contribution in [3.8, 4) is 11.1 Å². The molecule has 0 aliphatic carbocycles. The zero-order valence-electron chi connectivity index (χ0n) is 36.0. The summed E-state index contributed by atoms with van der Waals surface area (Å²) in [6, 6.07) is 39.4. The monoisotopic (exact) mass is 831 g/mol. The van der Waals surface area contributed by atoms with Gasteiger partial charge < -0.3 is 0 Å². The van der Waals surface area contributed by atoms with Crippen molar-refractivity contribution in [1.82, 2.24) is 4.44 Å². The number of rotatable bonds is 26. The maximum absolute atomic E-state index is 16.0. The first-order valence-corrected chi connectivity index (χ1v) is 29.8. The molecule has 0 aromatic heterocycles. The summed E-state index contributed by atoms with van der Waals surface area (Å²) >= 11 is 0. The van der Waals surface area contributed by atoms with Gasteiger partial charge in [-0.2, -0.15) is 0 Å². The van der Waals surface area contributed by atoms with E-state index in [-0.39, 0.29) is 20.4 Å². The minimum absolute atomic E-state index is 0.153. The summed E-state index contributed by atoms with van der Waals surface area (Å²) in [5.74, 6) is -0.324. The summed E-state index contributed by atoms with van der Waals surface area (Å²) in [5, 5.41) is 6.16. The summed E-state index contributed by atoms with van der Waals surface area (Å²) in [6.45, 7) is 13.9. The molecule has 0 heterocycles. The molecule has 4 rings (SSSR count). The van der Waals surface area contributed by atoms with Crippen LogP contribution in [0.2, 0.25) is 36.3 Å². The van der Waals surface area contributed by atoms with Crippen LogP contribution in [0.1, 0.15) is 119 Å². The first-order valence-electron chi connectivity index (χ1n) is 22.3. The average molecular weight is 832 g/mol. The zero-order chi connectivity index (χ0) is 40.4. The van der Waals surface area contributed by atoms with Gasteiger partial charge in [-0.25, -0.2) is 8.78 Å². The van der Waals surface area contributed by atoms with Gasteiger partial charge in [0.25, 0.3) is 0 Å². The van der Waals surface area contributed by atoms with E-state index < -0.39 is 24.2 Å². The fraction of sp³-hybridized carbons (Fsp3) is 0.510. The lowest BCUT2D eigenvalue weighted by molar-refractivity contribution is 0.631. The number of hydrogen-bond acceptors (Lipinski definition) is 1. The lowest BCUT2D eigenvalue weighted by atomic mass is 10.1. The molecule has 306 valence electrons. The first kappa shape index (κ1) is 46.7. The van der Waals surface area contributed by atoms with Gasteiger partial charge in [-0.05, 0) is 50.2 Å². The minimum atomic E-state index is -1.84. The molecule has 4 aromatic carbocycles. The van der Waals surface area contributed by atoms with Gasteiger partial charge in [0.1, 0.15) is 11.6 Å². The topological polar surface area (TPSA) is 3.24 Å². The highest BCUT2D eigenvalue weighted by atomic mass is 31.2. The molecule has 2 unspecified atom stereocenters. The molecule has 2 atom stereocenters. The molecule has 0 fully saturated rings. The van der Waals surface area contributed by atoms with Gasteiger partial charge in [-0.15, -0.1) is 0 Å². The summed E-state index contributed by atoms with van der Waals surface area (Å²) in [5.41, 5.74) is 1.70. The molecule has 0 saturated heterocycles. The van der Waals surface area contributed by atoms with Crippen LogP contribution in [0.5, 0.6) is 0 Å². The van der Waals surface area contributed by atoms with Crippen LogP contribution < -0.4 is 26.3 Å². The Hall–Kier alpha value is -2.01. The van der Waals surface area contributed by atoms with Gasteiger partial charge in [0, 0.05) is 18.9 Å². The molecule has 0 amide bonds. The first-order chi connectivity index (χ1) is 27.2. The Bertz CT molecular complexity index is 1690. The molecule has 4 aromatic rings. The maximum atomic E-state index is 16.0. The summed E-state index contributed by atoms with van der Waals surface area (Å²) in [4.78, 5) is 0. The molecule has 7 heteroatoms. The third-order valence-corrected chi connectivity index (χ3v) is 27.3. The lowest BCUT2D eigenvalue weighted by Gasteiger charge is -2.35. The van der Waals surface area contributed by atoms with E-state index in [1.807, 2.05) is 24.3 Å². The predicted octanol–water partition coefficient (Wildman–Crippen LogP) is 13.9. The van der Waals surface area contributed by atoms with Crippen LogP contribution in [-0.2, 0) is 0 Å². The van der Waals surface area contributed by atoms with Crippen molar-refractivity contribution in [1.29, 1.82) is 0 Å². The minimum Gasteiger partial charge on any atom is -0.254 e. The van der Waals surface area contributed by atoms with E-state index >= 15 is 8.78 Å². The molecule has 0 radical (unpaired) electrons. The highest BCUT2D eigenvalue weighted by Crippen LogP contribution is 2.46. The Morgan fingerprint density at radius 1 is 0.500 bits per heavy atom. The van der Waals surface area contributed by atoms with Gasteiger partial charge in [0.15, 0.2) is 0 Å². The van der Waals surface area contributed by atoms with Gasteiger partial charge >= 0.3 is 0 Å². The second kappa shape index (κ2) is 24.2. The summed E-state index contributed by atoms with van der Waals surface area (Å²) < 4.78 is 34.2. The lowest BCUT2D eigenvalue weighted by Crippen LogP contribution is -2.48. The van der Waals surface area contributed by atoms with Crippen molar-refractivity contribution in [3.05, 3.63) is 103 Å². The van der Waals surface area contributed by atoms with Gasteiger partial charge in [0.2, 0.25) is 0 Å². The second-order valence-corrected chi connectivity index (χ2v) is 29.7. The number of halogens is 2. The molecule has 0 spiro atoms. The SMILES string of the molecule is CCCC[Si](CCCC)(CCCC)c1ccc(P(c2ccccc2F)N(C)Pc2ccc([Si](CCCC)(CCCC)CCCC)cc2-c2ccccc2F)cc1. The van der Waals surface area contributed by atoms with Crippen LogP contribution >= 0.6 is 16.8 Å². The van der Waals surface area contributed by atoms with E-state index in [9.17, 15) is 0 Å². The van der Waals surface area contributed by atoms with E-state index in [0.29, 0.717) is 5.56 Å². The van der Waals surface area contributed by atoms with Crippen LogP contribution in [0.25, 0.3) is 11.1 Å². The molecule has 56 heavy (non-hydrogen) atoms. The Labute approximate surface area is 346 Å². The molecule has 0 saturated carbocycles. The standard InChI is InChI=1S/C49H73F2NP2Si2/c1-8-14-34-55(35-15-9-2,36-16-10-3)42-30-28-41(29-31-42)54(49-27-23-22-26-47(49)51)52(7)53-48-33-32-43(40-45(48)44-24-20-21-25-46(44)50)56(37-17-11-4,38-18-12-5)39-19-13-6/h20-33,40,53H,8-19,34-39H2,1-7H3. The Kier molecular flexibility index (Phi) is 20.1. The van der Waals surface area contributed by atoms with Crippen LogP contribution in [0.3, 0.4) is 0 Å². The van der Waals surface area contributed by atoms with Crippen LogP contribution in [0.4, 0.5) is 8.78 Å². The number of nitrogens with zero attached hydrogens (tertiary/aromatic N) is 1. The molecular formula is C49H73F2NP2Si2. The number of hydrogen-bond donors (Lipinski definition) is 0. The quantitative estimate of drug-likeness (QED) is 0.0450. The van der Waals surface area contributed by atoms with Crippen molar-refractivity contribution in [2.45, 2.75) is 155 Å². The average Bonchev–Trinajstić information content (AvgIpc) is 3.22. The van der Waals surface area contributed by atoms with Crippen molar-refractivity contribution in [3.63, 3.8) is 0 Å². The van der Waals surface area contributed by atoms with E-state index in [2.05, 4.69) is 95.5 Å². The Morgan fingerprint density at radius 3 is 1.39 bits per heavy atom. The molecule has 0 N–H and O–H groups in total. The van der Waals surface area contributed by atoms with Crippen LogP contribution in [-0.4, -0.2) is 27.6 Å². The fourth-order valence-electron chi connectivity index (χ4n) is 8.86. The largest absolute Gasteiger partial charge is 0.254 e. The van der Waals surface area contributed by atoms with E-state index in [1.165, 1.54) is 124 Å². The second-order valence-electron chi connectivity index (χ2n) is 16.4. The zero-order valence-corrected chi connectivity index (χ0v) is 39.9. The molecule has 0 bridgehead atoms. The van der Waals surface area contributed by atoms with Crippen molar-refractivity contribution in [2.24, 2.45) is 0 Å². The predicted molar refractivity (Wildman–Crippen MR) is 256 cm³/mol. The van der Waals surface area contributed by atoms with Crippen molar-refractivity contribution >= 4 is 59.2 Å². The summed E-state index contributed by atoms with van der Waals surface area (Å²) in [6.07, 6.45) is 15.0. The molecule has 1 nitrogen and oxygen atoms in total. The van der Waals surface area contributed by atoms with Gasteiger partial charge in [-0.1, -0.05) is 238 Å². The smallest absolute Gasteiger partial charge is 0.132 e. The molecule has 0 aliphatic heterocycles. The van der Waals surface area contributed by atoms with Crippen molar-refractivity contribution < 1.29 is 8.78 Å². The maximum Gasteiger partial charge on any atom is 0.132 e. The van der Waals surface area contributed by atoms with Gasteiger partial charge in [-0.3, -0.25) is 4.44 Å². The fourth-order valence-corrected chi connectivity index (χ4v) is 24.1. The number of unbranched alkanes of at least 4 members (excludes halogenated alkanes) is 6. The Balaban J connectivity index is 1.84. The molecular weight excluding hydrogens is 759 g/mol. The van der Waals surface area contributed by atoms with E-state index in [1.54, 1.807) is 29.5 Å². The Morgan fingerprint density at radius 2 is 0.929 bits per heavy atom. The van der Waals surface area contributed by atoms with Crippen LogP contribution in [0, 0.1) is 11.6 Å². The van der Waals surface area contributed by atoms with Crippen molar-refractivity contribution in [2.75, 3.05) is 7.05 Å². The third-order valence-electron chi connectivity index (χ3n) is 12.2. The third kappa shape index (κ3) is 12.3. The number of benzene rings is 4. The highest BCUT2D eigenvalue weighted by Gasteiger charge is 2.35. The highest BCUT2D eigenvalue weighted by molar-refractivity contribution is 7.77. The van der Waals surface area contributed by atoms with Crippen LogP contribution in [0.15, 0.2) is 91.0 Å². The van der Waals surface area contributed by atoms with Gasteiger partial charge in [0.05, 0.1) is 16.1 Å². The summed E-state index contributed by atoms with van der Waals surface area (Å²) in [7, 11) is -2.28. The normalized spacial score (nSPS) is 13.0. The molecule has 0 aliphatic rings.